The van der Waals surface area contributed by atoms with Crippen LogP contribution in [0, 0.1) is 0 Å². The van der Waals surface area contributed by atoms with E-state index in [1.807, 2.05) is 42.5 Å². The lowest BCUT2D eigenvalue weighted by atomic mass is 10.2. The second kappa shape index (κ2) is 9.47. The average molecular weight is 366 g/mol. The molecule has 0 radical (unpaired) electrons. The Kier molecular flexibility index (Phi) is 7.31. The van der Waals surface area contributed by atoms with E-state index in [1.165, 1.54) is 0 Å². The van der Waals surface area contributed by atoms with E-state index in [1.54, 1.807) is 14.2 Å². The van der Waals surface area contributed by atoms with Crippen LogP contribution < -0.4 is 14.8 Å². The van der Waals surface area contributed by atoms with Crippen LogP contribution in [-0.2, 0) is 11.3 Å². The second-order valence-corrected chi connectivity index (χ2v) is 5.87. The summed E-state index contributed by atoms with van der Waals surface area (Å²) >= 11 is 11.2. The molecule has 4 nitrogen and oxygen atoms in total. The molecule has 0 atom stereocenters. The molecular formula is C18H20ClNO3S. The van der Waals surface area contributed by atoms with Crippen LogP contribution in [0.5, 0.6) is 11.5 Å². The highest BCUT2D eigenvalue weighted by Gasteiger charge is 2.09. The minimum absolute atomic E-state index is 0.434. The van der Waals surface area contributed by atoms with Gasteiger partial charge in [0.25, 0.3) is 0 Å². The number of halogens is 1. The zero-order valence-electron chi connectivity index (χ0n) is 13.7. The van der Waals surface area contributed by atoms with E-state index < -0.39 is 0 Å². The van der Waals surface area contributed by atoms with E-state index in [0.29, 0.717) is 41.3 Å². The molecule has 0 bridgehead atoms. The highest BCUT2D eigenvalue weighted by Crippen LogP contribution is 2.29. The van der Waals surface area contributed by atoms with Crippen LogP contribution in [-0.4, -0.2) is 32.4 Å². The predicted molar refractivity (Wildman–Crippen MR) is 100 cm³/mol. The number of benzene rings is 2. The van der Waals surface area contributed by atoms with Gasteiger partial charge in [-0.2, -0.15) is 0 Å². The van der Waals surface area contributed by atoms with Gasteiger partial charge in [-0.3, -0.25) is 0 Å². The van der Waals surface area contributed by atoms with Crippen LogP contribution in [0.4, 0.5) is 0 Å². The molecule has 0 aliphatic heterocycles. The summed E-state index contributed by atoms with van der Waals surface area (Å²) in [7, 11) is 3.26. The normalized spacial score (nSPS) is 10.3. The van der Waals surface area contributed by atoms with E-state index in [0.717, 1.165) is 11.1 Å². The lowest BCUT2D eigenvalue weighted by Gasteiger charge is -2.13. The molecule has 2 rings (SSSR count). The van der Waals surface area contributed by atoms with Gasteiger partial charge >= 0.3 is 0 Å². The summed E-state index contributed by atoms with van der Waals surface area (Å²) in [5.41, 5.74) is 1.90. The Bertz CT molecular complexity index is 676. The van der Waals surface area contributed by atoms with Gasteiger partial charge in [-0.05, 0) is 35.9 Å². The topological polar surface area (TPSA) is 39.7 Å². The van der Waals surface area contributed by atoms with Crippen LogP contribution >= 0.6 is 23.8 Å². The van der Waals surface area contributed by atoms with Gasteiger partial charge < -0.3 is 19.5 Å². The minimum Gasteiger partial charge on any atom is -0.493 e. The summed E-state index contributed by atoms with van der Waals surface area (Å²) in [5, 5.41) is 3.84. The molecule has 0 aromatic heterocycles. The highest BCUT2D eigenvalue weighted by molar-refractivity contribution is 7.80. The Labute approximate surface area is 152 Å². The summed E-state index contributed by atoms with van der Waals surface area (Å²) in [5.74, 6) is 1.30. The molecule has 0 saturated heterocycles. The number of thiocarbonyl (C=S) groups is 1. The van der Waals surface area contributed by atoms with Crippen molar-refractivity contribution in [1.82, 2.24) is 5.32 Å². The van der Waals surface area contributed by atoms with Gasteiger partial charge in [-0.1, -0.05) is 36.0 Å². The van der Waals surface area contributed by atoms with Gasteiger partial charge in [0.05, 0.1) is 13.7 Å². The summed E-state index contributed by atoms with van der Waals surface area (Å²) < 4.78 is 16.2. The summed E-state index contributed by atoms with van der Waals surface area (Å²) in [6.07, 6.45) is 0. The maximum Gasteiger partial charge on any atom is 0.161 e. The zero-order valence-corrected chi connectivity index (χ0v) is 15.2. The number of hydrogen-bond donors (Lipinski definition) is 1. The molecule has 128 valence electrons. The molecule has 2 aromatic carbocycles. The SMILES string of the molecule is COCCNC(=S)c1ccc(OCc2ccc(Cl)cc2)c(OC)c1. The third-order valence-corrected chi connectivity index (χ3v) is 3.96. The van der Waals surface area contributed by atoms with Crippen molar-refractivity contribution in [3.63, 3.8) is 0 Å². The van der Waals surface area contributed by atoms with E-state index >= 15 is 0 Å². The third kappa shape index (κ3) is 5.37. The first-order chi connectivity index (χ1) is 11.6. The van der Waals surface area contributed by atoms with Crippen molar-refractivity contribution in [3.05, 3.63) is 58.6 Å². The van der Waals surface area contributed by atoms with Crippen LogP contribution in [0.1, 0.15) is 11.1 Å². The van der Waals surface area contributed by atoms with Gasteiger partial charge in [0.15, 0.2) is 11.5 Å². The van der Waals surface area contributed by atoms with Gasteiger partial charge in [0.1, 0.15) is 11.6 Å². The first kappa shape index (κ1) is 18.5. The van der Waals surface area contributed by atoms with Crippen molar-refractivity contribution in [2.24, 2.45) is 0 Å². The van der Waals surface area contributed by atoms with Crippen LogP contribution in [0.3, 0.4) is 0 Å². The molecule has 0 fully saturated rings. The Morgan fingerprint density at radius 3 is 2.50 bits per heavy atom. The smallest absolute Gasteiger partial charge is 0.161 e. The monoisotopic (exact) mass is 365 g/mol. The summed E-state index contributed by atoms with van der Waals surface area (Å²) in [6.45, 7) is 1.69. The van der Waals surface area contributed by atoms with Crippen LogP contribution in [0.25, 0.3) is 0 Å². The molecule has 0 heterocycles. The van der Waals surface area contributed by atoms with Crippen molar-refractivity contribution in [2.75, 3.05) is 27.4 Å². The summed E-state index contributed by atoms with van der Waals surface area (Å²) in [4.78, 5) is 0.648. The Morgan fingerprint density at radius 2 is 1.83 bits per heavy atom. The second-order valence-electron chi connectivity index (χ2n) is 5.03. The average Bonchev–Trinajstić information content (AvgIpc) is 2.61. The fourth-order valence-electron chi connectivity index (χ4n) is 2.04. The Morgan fingerprint density at radius 1 is 1.08 bits per heavy atom. The molecule has 0 amide bonds. The minimum atomic E-state index is 0.434. The first-order valence-electron chi connectivity index (χ1n) is 7.46. The lowest BCUT2D eigenvalue weighted by molar-refractivity contribution is 0.204. The number of hydrogen-bond acceptors (Lipinski definition) is 4. The van der Waals surface area contributed by atoms with Gasteiger partial charge in [-0.15, -0.1) is 0 Å². The van der Waals surface area contributed by atoms with E-state index in [2.05, 4.69) is 5.32 Å². The zero-order chi connectivity index (χ0) is 17.4. The standard InChI is InChI=1S/C18H20ClNO3S/c1-21-10-9-20-18(24)14-5-8-16(17(11-14)22-2)23-12-13-3-6-15(19)7-4-13/h3-8,11H,9-10,12H2,1-2H3,(H,20,24). The van der Waals surface area contributed by atoms with Gasteiger partial charge in [0, 0.05) is 24.2 Å². The van der Waals surface area contributed by atoms with Crippen LogP contribution in [0.15, 0.2) is 42.5 Å². The molecule has 0 aliphatic carbocycles. The molecule has 2 aromatic rings. The number of methoxy groups -OCH3 is 2. The highest BCUT2D eigenvalue weighted by atomic mass is 35.5. The van der Waals surface area contributed by atoms with Crippen molar-refractivity contribution in [3.8, 4) is 11.5 Å². The maximum absolute atomic E-state index is 5.88. The Hall–Kier alpha value is -1.82. The van der Waals surface area contributed by atoms with Crippen molar-refractivity contribution in [1.29, 1.82) is 0 Å². The molecule has 0 aliphatic rings. The van der Waals surface area contributed by atoms with Crippen molar-refractivity contribution < 1.29 is 14.2 Å². The number of rotatable bonds is 8. The Balaban J connectivity index is 2.02. The molecular weight excluding hydrogens is 346 g/mol. The molecule has 0 unspecified atom stereocenters. The summed E-state index contributed by atoms with van der Waals surface area (Å²) in [6, 6.07) is 13.2. The molecule has 24 heavy (non-hydrogen) atoms. The van der Waals surface area contributed by atoms with E-state index in [4.69, 9.17) is 38.0 Å². The number of nitrogens with one attached hydrogen (secondary N) is 1. The predicted octanol–water partition coefficient (Wildman–Crippen LogP) is 3.84. The fourth-order valence-corrected chi connectivity index (χ4v) is 2.39. The molecule has 6 heteroatoms. The van der Waals surface area contributed by atoms with Gasteiger partial charge in [0.2, 0.25) is 0 Å². The largest absolute Gasteiger partial charge is 0.493 e. The lowest BCUT2D eigenvalue weighted by Crippen LogP contribution is -2.26. The van der Waals surface area contributed by atoms with Crippen molar-refractivity contribution >= 4 is 28.8 Å². The van der Waals surface area contributed by atoms with Crippen molar-refractivity contribution in [2.45, 2.75) is 6.61 Å². The maximum atomic E-state index is 5.88. The van der Waals surface area contributed by atoms with Gasteiger partial charge in [-0.25, -0.2) is 0 Å². The van der Waals surface area contributed by atoms with E-state index in [-0.39, 0.29) is 0 Å². The fraction of sp³-hybridized carbons (Fsp3) is 0.278. The molecule has 1 N–H and O–H groups in total. The third-order valence-electron chi connectivity index (χ3n) is 3.33. The number of ether oxygens (including phenoxy) is 3. The first-order valence-corrected chi connectivity index (χ1v) is 8.25. The quantitative estimate of drug-likeness (QED) is 0.568. The molecule has 0 spiro atoms. The molecule has 0 saturated carbocycles. The van der Waals surface area contributed by atoms with E-state index in [9.17, 15) is 0 Å². The van der Waals surface area contributed by atoms with Crippen LogP contribution in [0.2, 0.25) is 5.02 Å².